The predicted molar refractivity (Wildman–Crippen MR) is 65.0 cm³/mol. The van der Waals surface area contributed by atoms with E-state index >= 15 is 0 Å². The number of pyridine rings is 1. The first-order valence-electron chi connectivity index (χ1n) is 5.77. The van der Waals surface area contributed by atoms with Gasteiger partial charge in [0.15, 0.2) is 5.96 Å². The number of aliphatic imine (C=N–C) groups is 1. The van der Waals surface area contributed by atoms with Gasteiger partial charge in [0.25, 0.3) is 0 Å². The van der Waals surface area contributed by atoms with E-state index in [4.69, 9.17) is 5.73 Å². The topological polar surface area (TPSA) is 54.5 Å². The average molecular weight is 236 g/mol. The highest BCUT2D eigenvalue weighted by atomic mass is 19.1. The van der Waals surface area contributed by atoms with Crippen LogP contribution in [0, 0.1) is 5.82 Å². The van der Waals surface area contributed by atoms with Crippen molar-refractivity contribution >= 4 is 5.96 Å². The minimum atomic E-state index is -0.353. The van der Waals surface area contributed by atoms with Gasteiger partial charge in [0.1, 0.15) is 11.4 Å². The largest absolute Gasteiger partial charge is 0.370 e. The van der Waals surface area contributed by atoms with Crippen molar-refractivity contribution in [2.24, 2.45) is 10.7 Å². The highest BCUT2D eigenvalue weighted by Crippen LogP contribution is 2.31. The molecule has 0 amide bonds. The van der Waals surface area contributed by atoms with Crippen molar-refractivity contribution in [3.63, 3.8) is 0 Å². The third-order valence-corrected chi connectivity index (χ3v) is 3.15. The van der Waals surface area contributed by atoms with E-state index in [9.17, 15) is 4.39 Å². The van der Waals surface area contributed by atoms with E-state index in [2.05, 4.69) is 16.9 Å². The molecule has 0 spiro atoms. The molecule has 0 saturated heterocycles. The Morgan fingerprint density at radius 2 is 2.29 bits per heavy atom. The van der Waals surface area contributed by atoms with Gasteiger partial charge in [0, 0.05) is 6.54 Å². The van der Waals surface area contributed by atoms with Gasteiger partial charge >= 0.3 is 0 Å². The molecule has 92 valence electrons. The lowest BCUT2D eigenvalue weighted by Gasteiger charge is -2.35. The van der Waals surface area contributed by atoms with Gasteiger partial charge in [-0.1, -0.05) is 6.92 Å². The van der Waals surface area contributed by atoms with Crippen LogP contribution in [0.2, 0.25) is 0 Å². The Hall–Kier alpha value is -1.65. The summed E-state index contributed by atoms with van der Waals surface area (Å²) >= 11 is 0. The SMILES string of the molecule is CCCN1C(N)=NCC1(C)c1ccc(F)cn1. The highest BCUT2D eigenvalue weighted by molar-refractivity contribution is 5.81. The molecule has 4 nitrogen and oxygen atoms in total. The monoisotopic (exact) mass is 236 g/mol. The maximum Gasteiger partial charge on any atom is 0.192 e. The first-order valence-corrected chi connectivity index (χ1v) is 5.77. The molecule has 1 aliphatic rings. The summed E-state index contributed by atoms with van der Waals surface area (Å²) < 4.78 is 12.9. The highest BCUT2D eigenvalue weighted by Gasteiger charge is 2.40. The lowest BCUT2D eigenvalue weighted by molar-refractivity contribution is 0.219. The van der Waals surface area contributed by atoms with E-state index < -0.39 is 0 Å². The van der Waals surface area contributed by atoms with Crippen molar-refractivity contribution in [2.45, 2.75) is 25.8 Å². The average Bonchev–Trinajstić information content (AvgIpc) is 2.60. The molecule has 2 heterocycles. The minimum Gasteiger partial charge on any atom is -0.370 e. The summed E-state index contributed by atoms with van der Waals surface area (Å²) in [6, 6.07) is 3.12. The quantitative estimate of drug-likeness (QED) is 0.864. The molecule has 1 unspecified atom stereocenters. The van der Waals surface area contributed by atoms with Crippen molar-refractivity contribution in [3.05, 3.63) is 29.8 Å². The zero-order valence-corrected chi connectivity index (χ0v) is 10.2. The lowest BCUT2D eigenvalue weighted by atomic mass is 9.96. The number of rotatable bonds is 3. The Kier molecular flexibility index (Phi) is 3.00. The lowest BCUT2D eigenvalue weighted by Crippen LogP contribution is -2.48. The molecule has 0 radical (unpaired) electrons. The summed E-state index contributed by atoms with van der Waals surface area (Å²) in [5, 5.41) is 0. The fourth-order valence-electron chi connectivity index (χ4n) is 2.16. The normalized spacial score (nSPS) is 23.9. The Morgan fingerprint density at radius 3 is 2.88 bits per heavy atom. The molecule has 1 aromatic rings. The number of nitrogens with two attached hydrogens (primary N) is 1. The van der Waals surface area contributed by atoms with Crippen LogP contribution in [-0.2, 0) is 5.54 Å². The second-order valence-electron chi connectivity index (χ2n) is 4.46. The van der Waals surface area contributed by atoms with Gasteiger partial charge in [-0.25, -0.2) is 4.39 Å². The summed E-state index contributed by atoms with van der Waals surface area (Å²) in [5.41, 5.74) is 6.33. The Bertz CT molecular complexity index is 429. The van der Waals surface area contributed by atoms with Gasteiger partial charge in [0.2, 0.25) is 0 Å². The minimum absolute atomic E-state index is 0.328. The fourth-order valence-corrected chi connectivity index (χ4v) is 2.16. The van der Waals surface area contributed by atoms with E-state index in [1.807, 2.05) is 11.8 Å². The van der Waals surface area contributed by atoms with Crippen molar-refractivity contribution < 1.29 is 4.39 Å². The van der Waals surface area contributed by atoms with Gasteiger partial charge < -0.3 is 10.6 Å². The maximum atomic E-state index is 12.9. The molecule has 2 N–H and O–H groups in total. The van der Waals surface area contributed by atoms with E-state index in [1.54, 1.807) is 6.07 Å². The van der Waals surface area contributed by atoms with Crippen LogP contribution in [0.1, 0.15) is 26.0 Å². The molecule has 0 aliphatic carbocycles. The second-order valence-corrected chi connectivity index (χ2v) is 4.46. The fraction of sp³-hybridized carbons (Fsp3) is 0.500. The van der Waals surface area contributed by atoms with Crippen LogP contribution in [0.25, 0.3) is 0 Å². The molecular weight excluding hydrogens is 219 g/mol. The van der Waals surface area contributed by atoms with Gasteiger partial charge in [-0.05, 0) is 25.5 Å². The summed E-state index contributed by atoms with van der Waals surface area (Å²) in [6.45, 7) is 5.51. The maximum absolute atomic E-state index is 12.9. The first-order chi connectivity index (χ1) is 8.08. The van der Waals surface area contributed by atoms with Gasteiger partial charge in [-0.15, -0.1) is 0 Å². The van der Waals surface area contributed by atoms with E-state index in [-0.39, 0.29) is 11.4 Å². The van der Waals surface area contributed by atoms with Crippen LogP contribution in [0.15, 0.2) is 23.3 Å². The number of hydrogen-bond donors (Lipinski definition) is 1. The Morgan fingerprint density at radius 1 is 1.53 bits per heavy atom. The van der Waals surface area contributed by atoms with Crippen LogP contribution in [0.5, 0.6) is 0 Å². The molecule has 5 heteroatoms. The number of guanidine groups is 1. The van der Waals surface area contributed by atoms with Gasteiger partial charge in [-0.3, -0.25) is 9.98 Å². The van der Waals surface area contributed by atoms with Crippen LogP contribution in [0.4, 0.5) is 4.39 Å². The van der Waals surface area contributed by atoms with E-state index in [0.717, 1.165) is 18.7 Å². The summed E-state index contributed by atoms with van der Waals surface area (Å²) in [7, 11) is 0. The predicted octanol–water partition coefficient (Wildman–Crippen LogP) is 1.48. The van der Waals surface area contributed by atoms with Gasteiger partial charge in [0.05, 0.1) is 18.4 Å². The van der Waals surface area contributed by atoms with Crippen molar-refractivity contribution in [1.29, 1.82) is 0 Å². The molecule has 0 saturated carbocycles. The molecule has 1 aliphatic heterocycles. The molecule has 2 rings (SSSR count). The molecular formula is C12H17FN4. The van der Waals surface area contributed by atoms with Gasteiger partial charge in [-0.2, -0.15) is 0 Å². The summed E-state index contributed by atoms with van der Waals surface area (Å²) in [4.78, 5) is 10.5. The Labute approximate surface area is 100 Å². The molecule has 17 heavy (non-hydrogen) atoms. The number of nitrogens with zero attached hydrogens (tertiary/aromatic N) is 3. The van der Waals surface area contributed by atoms with Crippen molar-refractivity contribution in [1.82, 2.24) is 9.88 Å². The van der Waals surface area contributed by atoms with Crippen LogP contribution in [0.3, 0.4) is 0 Å². The third-order valence-electron chi connectivity index (χ3n) is 3.15. The van der Waals surface area contributed by atoms with Crippen LogP contribution < -0.4 is 5.73 Å². The second kappa shape index (κ2) is 4.31. The van der Waals surface area contributed by atoms with Crippen LogP contribution >= 0.6 is 0 Å². The summed E-state index contributed by atoms with van der Waals surface area (Å²) in [6.07, 6.45) is 2.21. The van der Waals surface area contributed by atoms with E-state index in [1.165, 1.54) is 12.3 Å². The smallest absolute Gasteiger partial charge is 0.192 e. The summed E-state index contributed by atoms with van der Waals surface area (Å²) in [5.74, 6) is 0.215. The molecule has 0 aromatic carbocycles. The molecule has 0 fully saturated rings. The number of halogens is 1. The zero-order chi connectivity index (χ0) is 12.5. The first kappa shape index (κ1) is 11.8. The zero-order valence-electron chi connectivity index (χ0n) is 10.2. The van der Waals surface area contributed by atoms with Crippen LogP contribution in [-0.4, -0.2) is 28.9 Å². The van der Waals surface area contributed by atoms with E-state index in [0.29, 0.717) is 12.5 Å². The number of aromatic nitrogens is 1. The third kappa shape index (κ3) is 1.97. The van der Waals surface area contributed by atoms with Crippen molar-refractivity contribution in [2.75, 3.05) is 13.1 Å². The molecule has 1 atom stereocenters. The van der Waals surface area contributed by atoms with Crippen molar-refractivity contribution in [3.8, 4) is 0 Å². The standard InChI is InChI=1S/C12H17FN4/c1-3-6-17-11(14)16-8-12(17,2)10-5-4-9(13)7-15-10/h4-5,7H,3,6,8H2,1-2H3,(H2,14,16). The molecule has 0 bridgehead atoms. The Balaban J connectivity index is 2.32. The molecule has 1 aromatic heterocycles. The number of hydrogen-bond acceptors (Lipinski definition) is 4.